The van der Waals surface area contributed by atoms with E-state index < -0.39 is 6.04 Å². The topological polar surface area (TPSA) is 95.5 Å². The summed E-state index contributed by atoms with van der Waals surface area (Å²) < 4.78 is 10.9. The first-order valence-corrected chi connectivity index (χ1v) is 13.9. The second-order valence-corrected chi connectivity index (χ2v) is 10.3. The van der Waals surface area contributed by atoms with Gasteiger partial charge in [-0.15, -0.1) is 0 Å². The van der Waals surface area contributed by atoms with Crippen LogP contribution in [0.1, 0.15) is 24.9 Å². The Morgan fingerprint density at radius 3 is 2.69 bits per heavy atom. The highest BCUT2D eigenvalue weighted by atomic mass is 32.2. The van der Waals surface area contributed by atoms with E-state index in [9.17, 15) is 9.59 Å². The molecule has 204 valence electrons. The fourth-order valence-electron chi connectivity index (χ4n) is 4.91. The Hall–Kier alpha value is -3.60. The highest BCUT2D eigenvalue weighted by Gasteiger charge is 2.40. The first-order chi connectivity index (χ1) is 19.0. The number of fused-ring (bicyclic) bond motifs is 1. The first-order valence-electron chi connectivity index (χ1n) is 13.0. The van der Waals surface area contributed by atoms with Crippen molar-refractivity contribution in [3.63, 3.8) is 0 Å². The van der Waals surface area contributed by atoms with Crippen molar-refractivity contribution in [2.75, 3.05) is 51.8 Å². The normalized spacial score (nSPS) is 19.2. The first kappa shape index (κ1) is 27.0. The van der Waals surface area contributed by atoms with E-state index in [1.54, 1.807) is 7.11 Å². The summed E-state index contributed by atoms with van der Waals surface area (Å²) in [6, 6.07) is 16.6. The number of nitrogens with one attached hydrogen (secondary N) is 2. The van der Waals surface area contributed by atoms with Crippen molar-refractivity contribution in [1.29, 1.82) is 0 Å². The molecule has 2 amide bonds. The fourth-order valence-corrected chi connectivity index (χ4v) is 5.88. The van der Waals surface area contributed by atoms with Crippen LogP contribution in [0.15, 0.2) is 82.0 Å². The van der Waals surface area contributed by atoms with E-state index in [0.717, 1.165) is 49.3 Å². The second-order valence-electron chi connectivity index (χ2n) is 9.47. The number of morpholine rings is 1. The van der Waals surface area contributed by atoms with Crippen LogP contribution < -0.4 is 15.4 Å². The average Bonchev–Trinajstić information content (AvgIpc) is 3.34. The summed E-state index contributed by atoms with van der Waals surface area (Å²) in [6.07, 6.45) is 0.183. The van der Waals surface area contributed by atoms with Gasteiger partial charge in [-0.3, -0.25) is 14.5 Å². The summed E-state index contributed by atoms with van der Waals surface area (Å²) in [4.78, 5) is 35.8. The number of hydrogen-bond acceptors (Lipinski definition) is 8. The van der Waals surface area contributed by atoms with E-state index in [1.165, 1.54) is 11.8 Å². The van der Waals surface area contributed by atoms with Gasteiger partial charge in [-0.1, -0.05) is 42.1 Å². The lowest BCUT2D eigenvalue weighted by molar-refractivity contribution is -0.120. The maximum atomic E-state index is 13.7. The largest absolute Gasteiger partial charge is 0.497 e. The van der Waals surface area contributed by atoms with Crippen molar-refractivity contribution >= 4 is 34.4 Å². The lowest BCUT2D eigenvalue weighted by Crippen LogP contribution is -2.42. The molecule has 5 rings (SSSR count). The van der Waals surface area contributed by atoms with Gasteiger partial charge in [0.05, 0.1) is 44.1 Å². The molecule has 9 nitrogen and oxygen atoms in total. The van der Waals surface area contributed by atoms with Gasteiger partial charge in [0, 0.05) is 37.6 Å². The summed E-state index contributed by atoms with van der Waals surface area (Å²) in [6.45, 7) is 6.44. The van der Waals surface area contributed by atoms with E-state index in [-0.39, 0.29) is 18.2 Å². The Labute approximate surface area is 232 Å². The van der Waals surface area contributed by atoms with Gasteiger partial charge >= 0.3 is 0 Å². The Morgan fingerprint density at radius 2 is 1.92 bits per heavy atom. The third kappa shape index (κ3) is 6.35. The number of methoxy groups -OCH3 is 1. The molecular formula is C29H33N5O4S. The minimum Gasteiger partial charge on any atom is -0.497 e. The molecule has 1 unspecified atom stereocenters. The lowest BCUT2D eigenvalue weighted by atomic mass is 9.93. The van der Waals surface area contributed by atoms with Crippen LogP contribution >= 0.6 is 11.8 Å². The number of allylic oxidation sites excluding steroid dienone is 1. The number of amides is 2. The molecule has 0 bridgehead atoms. The predicted molar refractivity (Wildman–Crippen MR) is 153 cm³/mol. The van der Waals surface area contributed by atoms with Gasteiger partial charge in [0.15, 0.2) is 5.17 Å². The number of nitrogens with zero attached hydrogens (tertiary/aromatic N) is 3. The number of thioether (sulfide) groups is 1. The zero-order valence-electron chi connectivity index (χ0n) is 22.2. The Balaban J connectivity index is 1.38. The smallest absolute Gasteiger partial charge is 0.255 e. The number of ether oxygens (including phenoxy) is 2. The number of amidine groups is 1. The molecular weight excluding hydrogens is 514 g/mol. The van der Waals surface area contributed by atoms with Gasteiger partial charge < -0.3 is 25.0 Å². The molecule has 1 fully saturated rings. The van der Waals surface area contributed by atoms with Gasteiger partial charge in [-0.05, 0) is 42.2 Å². The Kier molecular flexibility index (Phi) is 8.65. The minimum atomic E-state index is -0.473. The van der Waals surface area contributed by atoms with Crippen LogP contribution in [0.25, 0.3) is 0 Å². The van der Waals surface area contributed by atoms with E-state index in [0.29, 0.717) is 29.3 Å². The summed E-state index contributed by atoms with van der Waals surface area (Å²) in [7, 11) is 1.62. The molecule has 0 saturated carbocycles. The molecule has 3 aliphatic heterocycles. The van der Waals surface area contributed by atoms with Crippen molar-refractivity contribution in [3.8, 4) is 5.75 Å². The summed E-state index contributed by atoms with van der Waals surface area (Å²) >= 11 is 1.47. The van der Waals surface area contributed by atoms with Crippen LogP contribution in [0.5, 0.6) is 5.75 Å². The molecule has 0 radical (unpaired) electrons. The van der Waals surface area contributed by atoms with Crippen molar-refractivity contribution in [1.82, 2.24) is 15.1 Å². The maximum absolute atomic E-state index is 13.7. The van der Waals surface area contributed by atoms with Crippen LogP contribution in [0.2, 0.25) is 0 Å². The maximum Gasteiger partial charge on any atom is 0.255 e. The van der Waals surface area contributed by atoms with Gasteiger partial charge in [0.2, 0.25) is 5.91 Å². The number of para-hydroxylation sites is 1. The van der Waals surface area contributed by atoms with Crippen molar-refractivity contribution in [2.45, 2.75) is 19.4 Å². The number of benzene rings is 2. The molecule has 0 aliphatic carbocycles. The monoisotopic (exact) mass is 547 g/mol. The highest BCUT2D eigenvalue weighted by molar-refractivity contribution is 8.16. The molecule has 2 N–H and O–H groups in total. The molecule has 0 aromatic heterocycles. The van der Waals surface area contributed by atoms with Gasteiger partial charge in [0.25, 0.3) is 5.91 Å². The van der Waals surface area contributed by atoms with Crippen molar-refractivity contribution in [3.05, 3.63) is 82.5 Å². The lowest BCUT2D eigenvalue weighted by Gasteiger charge is -2.36. The molecule has 0 spiro atoms. The molecule has 2 aromatic carbocycles. The van der Waals surface area contributed by atoms with Gasteiger partial charge in [-0.2, -0.15) is 0 Å². The van der Waals surface area contributed by atoms with Crippen molar-refractivity contribution in [2.24, 2.45) is 4.99 Å². The van der Waals surface area contributed by atoms with E-state index in [1.807, 2.05) is 71.8 Å². The van der Waals surface area contributed by atoms with E-state index >= 15 is 0 Å². The van der Waals surface area contributed by atoms with Crippen LogP contribution in [-0.2, 0) is 14.3 Å². The standard InChI is InChI=1S/C29H33N5O4S/c1-20-26(28(36)32-22-8-4-3-5-9-22)27(21-7-6-10-24(17-21)37-2)34-23(19-39-29(34)31-20)18-25(35)30-11-12-33-13-15-38-16-14-33/h3-10,17,19,27H,11-16,18H2,1-2H3,(H,30,35)(H,32,36). The summed E-state index contributed by atoms with van der Waals surface area (Å²) in [5, 5.41) is 8.77. The van der Waals surface area contributed by atoms with E-state index in [4.69, 9.17) is 14.5 Å². The highest BCUT2D eigenvalue weighted by Crippen LogP contribution is 2.45. The third-order valence-electron chi connectivity index (χ3n) is 6.88. The average molecular weight is 548 g/mol. The third-order valence-corrected chi connectivity index (χ3v) is 7.77. The molecule has 3 aliphatic rings. The number of aliphatic imine (C=N–C) groups is 1. The predicted octanol–water partition coefficient (Wildman–Crippen LogP) is 3.75. The number of carbonyl (C=O) groups excluding carboxylic acids is 2. The summed E-state index contributed by atoms with van der Waals surface area (Å²) in [5.74, 6) is 0.387. The molecule has 2 aromatic rings. The Morgan fingerprint density at radius 1 is 1.13 bits per heavy atom. The Bertz CT molecular complexity index is 1300. The molecule has 1 atom stereocenters. The van der Waals surface area contributed by atoms with Crippen LogP contribution in [0.3, 0.4) is 0 Å². The SMILES string of the molecule is COc1cccc(C2C(C(=O)Nc3ccccc3)=C(C)N=C3SC=C(CC(=O)NCCN4CCOCC4)N32)c1. The van der Waals surface area contributed by atoms with Gasteiger partial charge in [-0.25, -0.2) is 4.99 Å². The molecule has 39 heavy (non-hydrogen) atoms. The van der Waals surface area contributed by atoms with Crippen LogP contribution in [0, 0.1) is 0 Å². The number of hydrogen-bond donors (Lipinski definition) is 2. The number of anilines is 1. The van der Waals surface area contributed by atoms with Crippen molar-refractivity contribution < 1.29 is 19.1 Å². The minimum absolute atomic E-state index is 0.0673. The zero-order chi connectivity index (χ0) is 27.2. The van der Waals surface area contributed by atoms with E-state index in [2.05, 4.69) is 15.5 Å². The summed E-state index contributed by atoms with van der Waals surface area (Å²) in [5.41, 5.74) is 3.54. The quantitative estimate of drug-likeness (QED) is 0.494. The van der Waals surface area contributed by atoms with Gasteiger partial charge in [0.1, 0.15) is 5.75 Å². The molecule has 1 saturated heterocycles. The number of rotatable bonds is 9. The molecule has 3 heterocycles. The second kappa shape index (κ2) is 12.5. The zero-order valence-corrected chi connectivity index (χ0v) is 23.0. The fraction of sp³-hybridized carbons (Fsp3) is 0.345. The van der Waals surface area contributed by atoms with Crippen LogP contribution in [-0.4, -0.2) is 73.3 Å². The number of carbonyl (C=O) groups is 2. The van der Waals surface area contributed by atoms with Crippen LogP contribution in [0.4, 0.5) is 5.69 Å². The molecule has 10 heteroatoms.